The smallest absolute Gasteiger partial charge is 0.354 e. The molecule has 8 nitrogen and oxygen atoms in total. The van der Waals surface area contributed by atoms with Crippen molar-refractivity contribution in [2.75, 3.05) is 11.9 Å². The van der Waals surface area contributed by atoms with Crippen LogP contribution in [0.15, 0.2) is 18.3 Å². The molecule has 0 radical (unpaired) electrons. The van der Waals surface area contributed by atoms with Gasteiger partial charge in [-0.25, -0.2) is 9.59 Å². The number of hydrogen-bond donors (Lipinski definition) is 4. The first kappa shape index (κ1) is 14.6. The second kappa shape index (κ2) is 6.12. The summed E-state index contributed by atoms with van der Waals surface area (Å²) in [5, 5.41) is 18.4. The van der Waals surface area contributed by atoms with Crippen LogP contribution in [0.5, 0.6) is 0 Å². The topological polar surface area (TPSA) is 112 Å². The summed E-state index contributed by atoms with van der Waals surface area (Å²) in [7, 11) is 1.82. The highest BCUT2D eigenvalue weighted by Gasteiger charge is 2.15. The summed E-state index contributed by atoms with van der Waals surface area (Å²) in [6, 6.07) is 2.99. The van der Waals surface area contributed by atoms with Crippen molar-refractivity contribution in [2.45, 2.75) is 13.3 Å². The quantitative estimate of drug-likeness (QED) is 0.661. The van der Waals surface area contributed by atoms with Crippen LogP contribution in [0.2, 0.25) is 0 Å². The molecular formula is C13H17N5O3. The predicted molar refractivity (Wildman–Crippen MR) is 76.4 cm³/mol. The Bertz CT molecular complexity index is 659. The van der Waals surface area contributed by atoms with Crippen LogP contribution in [0.3, 0.4) is 0 Å². The van der Waals surface area contributed by atoms with Gasteiger partial charge in [0.2, 0.25) is 0 Å². The highest BCUT2D eigenvalue weighted by Crippen LogP contribution is 2.16. The van der Waals surface area contributed by atoms with Crippen molar-refractivity contribution in [3.8, 4) is 0 Å². The number of carbonyl (C=O) groups is 2. The first-order chi connectivity index (χ1) is 9.95. The lowest BCUT2D eigenvalue weighted by Gasteiger charge is -2.06. The molecule has 0 aliphatic heterocycles. The zero-order chi connectivity index (χ0) is 15.4. The van der Waals surface area contributed by atoms with Gasteiger partial charge < -0.3 is 20.7 Å². The molecule has 8 heteroatoms. The maximum atomic E-state index is 11.7. The Labute approximate surface area is 121 Å². The highest BCUT2D eigenvalue weighted by molar-refractivity contribution is 5.99. The summed E-state index contributed by atoms with van der Waals surface area (Å²) in [5.41, 5.74) is 1.75. The molecular weight excluding hydrogens is 274 g/mol. The van der Waals surface area contributed by atoms with E-state index in [0.29, 0.717) is 18.7 Å². The molecule has 0 saturated carbocycles. The first-order valence-electron chi connectivity index (χ1n) is 6.42. The number of amides is 2. The number of carbonyl (C=O) groups excluding carboxylic acids is 1. The Morgan fingerprint density at radius 3 is 2.86 bits per heavy atom. The van der Waals surface area contributed by atoms with Crippen molar-refractivity contribution in [3.05, 3.63) is 35.4 Å². The highest BCUT2D eigenvalue weighted by atomic mass is 16.4. The van der Waals surface area contributed by atoms with Crippen LogP contribution >= 0.6 is 0 Å². The maximum Gasteiger partial charge on any atom is 0.354 e. The van der Waals surface area contributed by atoms with Gasteiger partial charge in [0.25, 0.3) is 0 Å². The Hall–Kier alpha value is -2.77. The third-order valence-corrected chi connectivity index (χ3v) is 2.85. The molecule has 0 aromatic carbocycles. The largest absolute Gasteiger partial charge is 0.477 e. The van der Waals surface area contributed by atoms with Gasteiger partial charge >= 0.3 is 12.0 Å². The molecule has 0 unspecified atom stereocenters. The monoisotopic (exact) mass is 291 g/mol. The van der Waals surface area contributed by atoms with E-state index in [1.165, 1.54) is 0 Å². The summed E-state index contributed by atoms with van der Waals surface area (Å²) >= 11 is 0. The van der Waals surface area contributed by atoms with Crippen molar-refractivity contribution < 1.29 is 14.7 Å². The molecule has 0 aliphatic rings. The summed E-state index contributed by atoms with van der Waals surface area (Å²) in [6.45, 7) is 2.13. The molecule has 2 aromatic heterocycles. The van der Waals surface area contributed by atoms with Crippen molar-refractivity contribution in [1.82, 2.24) is 20.1 Å². The van der Waals surface area contributed by atoms with Crippen molar-refractivity contribution in [2.24, 2.45) is 7.05 Å². The molecule has 21 heavy (non-hydrogen) atoms. The lowest BCUT2D eigenvalue weighted by Crippen LogP contribution is -2.31. The number of rotatable bonds is 5. The minimum Gasteiger partial charge on any atom is -0.477 e. The molecule has 0 fully saturated rings. The van der Waals surface area contributed by atoms with Gasteiger partial charge in [0.05, 0.1) is 11.4 Å². The zero-order valence-corrected chi connectivity index (χ0v) is 11.8. The van der Waals surface area contributed by atoms with E-state index < -0.39 is 12.0 Å². The van der Waals surface area contributed by atoms with E-state index >= 15 is 0 Å². The van der Waals surface area contributed by atoms with Crippen LogP contribution < -0.4 is 10.6 Å². The molecule has 2 rings (SSSR count). The van der Waals surface area contributed by atoms with Gasteiger partial charge in [0.15, 0.2) is 0 Å². The van der Waals surface area contributed by atoms with Gasteiger partial charge in [-0.05, 0) is 19.1 Å². The molecule has 2 heterocycles. The molecule has 2 aromatic rings. The van der Waals surface area contributed by atoms with Crippen molar-refractivity contribution in [1.29, 1.82) is 0 Å². The first-order valence-corrected chi connectivity index (χ1v) is 6.42. The number of nitrogens with one attached hydrogen (secondary N) is 3. The van der Waals surface area contributed by atoms with E-state index in [4.69, 9.17) is 5.11 Å². The molecule has 0 saturated heterocycles. The van der Waals surface area contributed by atoms with E-state index in [1.807, 2.05) is 19.3 Å². The van der Waals surface area contributed by atoms with E-state index in [2.05, 4.69) is 20.7 Å². The van der Waals surface area contributed by atoms with Gasteiger partial charge in [-0.15, -0.1) is 0 Å². The lowest BCUT2D eigenvalue weighted by atomic mass is 10.3. The summed E-state index contributed by atoms with van der Waals surface area (Å²) < 4.78 is 1.69. The molecule has 112 valence electrons. The average Bonchev–Trinajstić information content (AvgIpc) is 2.96. The van der Waals surface area contributed by atoms with Gasteiger partial charge in [-0.2, -0.15) is 5.10 Å². The van der Waals surface area contributed by atoms with Gasteiger partial charge in [0, 0.05) is 31.9 Å². The molecule has 2 amide bonds. The number of urea groups is 1. The van der Waals surface area contributed by atoms with Crippen molar-refractivity contribution >= 4 is 17.7 Å². The lowest BCUT2D eigenvalue weighted by molar-refractivity contribution is 0.0692. The molecule has 0 spiro atoms. The summed E-state index contributed by atoms with van der Waals surface area (Å²) in [4.78, 5) is 25.4. The Balaban J connectivity index is 1.86. The number of nitrogens with zero attached hydrogens (tertiary/aromatic N) is 2. The number of anilines is 1. The Morgan fingerprint density at radius 1 is 1.48 bits per heavy atom. The summed E-state index contributed by atoms with van der Waals surface area (Å²) in [5.74, 6) is -1.12. The minimum absolute atomic E-state index is 0.0348. The van der Waals surface area contributed by atoms with E-state index in [-0.39, 0.29) is 11.4 Å². The van der Waals surface area contributed by atoms with Gasteiger partial charge in [0.1, 0.15) is 5.69 Å². The normalized spacial score (nSPS) is 10.4. The van der Waals surface area contributed by atoms with E-state index in [0.717, 1.165) is 5.69 Å². The van der Waals surface area contributed by atoms with Crippen LogP contribution in [0, 0.1) is 6.92 Å². The number of H-pyrrole nitrogens is 1. The number of carboxylic acid groups (broad SMARTS) is 1. The van der Waals surface area contributed by atoms with Crippen LogP contribution in [-0.4, -0.2) is 38.4 Å². The minimum atomic E-state index is -1.12. The fraction of sp³-hybridized carbons (Fsp3) is 0.308. The third kappa shape index (κ3) is 3.85. The number of carboxylic acids is 1. The predicted octanol–water partition coefficient (Wildman–Crippen LogP) is 1.12. The van der Waals surface area contributed by atoms with Gasteiger partial charge in [-0.3, -0.25) is 4.68 Å². The molecule has 0 bridgehead atoms. The molecule has 4 N–H and O–H groups in total. The summed E-state index contributed by atoms with van der Waals surface area (Å²) in [6.07, 6.45) is 2.43. The van der Waals surface area contributed by atoms with Crippen LogP contribution in [-0.2, 0) is 13.5 Å². The number of aryl methyl sites for hydroxylation is 2. The van der Waals surface area contributed by atoms with Crippen LogP contribution in [0.4, 0.5) is 10.5 Å². The van der Waals surface area contributed by atoms with Gasteiger partial charge in [-0.1, -0.05) is 0 Å². The zero-order valence-electron chi connectivity index (χ0n) is 11.8. The van der Waals surface area contributed by atoms with Crippen LogP contribution in [0.25, 0.3) is 0 Å². The second-order valence-corrected chi connectivity index (χ2v) is 4.66. The standard InChI is InChI=1S/C13H17N5O3/c1-8-7-10(11(15-8)12(19)20)16-13(21)14-5-3-9-4-6-18(2)17-9/h4,6-7,15H,3,5H2,1-2H3,(H,19,20)(H2,14,16,21). The third-order valence-electron chi connectivity index (χ3n) is 2.85. The number of hydrogen-bond acceptors (Lipinski definition) is 3. The fourth-order valence-electron chi connectivity index (χ4n) is 1.92. The number of aromatic amines is 1. The Morgan fingerprint density at radius 2 is 2.24 bits per heavy atom. The van der Waals surface area contributed by atoms with E-state index in [1.54, 1.807) is 17.7 Å². The Kier molecular flexibility index (Phi) is 4.27. The number of aromatic nitrogens is 3. The van der Waals surface area contributed by atoms with Crippen molar-refractivity contribution in [3.63, 3.8) is 0 Å². The second-order valence-electron chi connectivity index (χ2n) is 4.66. The van der Waals surface area contributed by atoms with Crippen LogP contribution in [0.1, 0.15) is 21.9 Å². The SMILES string of the molecule is Cc1cc(NC(=O)NCCc2ccn(C)n2)c(C(=O)O)[nH]1. The number of aromatic carboxylic acids is 1. The maximum absolute atomic E-state index is 11.7. The molecule has 0 atom stereocenters. The fourth-order valence-corrected chi connectivity index (χ4v) is 1.92. The van der Waals surface area contributed by atoms with E-state index in [9.17, 15) is 9.59 Å². The average molecular weight is 291 g/mol. The molecule has 0 aliphatic carbocycles.